The van der Waals surface area contributed by atoms with Crippen LogP contribution < -0.4 is 10.2 Å². The molecule has 1 aliphatic carbocycles. The molecule has 2 aliphatic rings. The van der Waals surface area contributed by atoms with Gasteiger partial charge in [-0.05, 0) is 66.1 Å². The molecule has 1 fully saturated rings. The zero-order valence-corrected chi connectivity index (χ0v) is 23.1. The maximum atomic E-state index is 14.2. The molecule has 1 heterocycles. The lowest BCUT2D eigenvalue weighted by Crippen LogP contribution is -2.59. The summed E-state index contributed by atoms with van der Waals surface area (Å²) >= 11 is 0. The van der Waals surface area contributed by atoms with Gasteiger partial charge in [0.05, 0.1) is 12.2 Å². The maximum absolute atomic E-state index is 14.2. The molecular weight excluding hydrogens is 498 g/mol. The monoisotopic (exact) mass is 535 g/mol. The zero-order valence-electron chi connectivity index (χ0n) is 23.1. The Balaban J connectivity index is 1.54. The molecule has 0 spiro atoms. The van der Waals surface area contributed by atoms with Crippen LogP contribution in [0.25, 0.3) is 10.4 Å². The fraction of sp³-hybridized carbons (Fsp3) is 0.394. The first-order valence-electron chi connectivity index (χ1n) is 14.4. The summed E-state index contributed by atoms with van der Waals surface area (Å²) < 4.78 is 0. The lowest BCUT2D eigenvalue weighted by Gasteiger charge is -2.49. The van der Waals surface area contributed by atoms with Crippen LogP contribution in [-0.4, -0.2) is 23.8 Å². The van der Waals surface area contributed by atoms with E-state index >= 15 is 0 Å². The van der Waals surface area contributed by atoms with E-state index in [9.17, 15) is 9.59 Å². The number of rotatable bonds is 10. The predicted octanol–water partition coefficient (Wildman–Crippen LogP) is 7.47. The van der Waals surface area contributed by atoms with Gasteiger partial charge in [-0.1, -0.05) is 85.9 Å². The van der Waals surface area contributed by atoms with Gasteiger partial charge in [0, 0.05) is 40.6 Å². The highest BCUT2D eigenvalue weighted by atomic mass is 16.2. The summed E-state index contributed by atoms with van der Waals surface area (Å²) in [7, 11) is 0. The summed E-state index contributed by atoms with van der Waals surface area (Å²) in [6, 6.07) is 25.2. The van der Waals surface area contributed by atoms with Gasteiger partial charge >= 0.3 is 0 Å². The van der Waals surface area contributed by atoms with Crippen molar-refractivity contribution in [1.29, 1.82) is 0 Å². The first-order chi connectivity index (χ1) is 19.6. The van der Waals surface area contributed by atoms with Gasteiger partial charge in [0.2, 0.25) is 0 Å². The highest BCUT2D eigenvalue weighted by Gasteiger charge is 2.50. The quantitative estimate of drug-likeness (QED) is 0.126. The number of hydrogen-bond donors (Lipinski definition) is 1. The van der Waals surface area contributed by atoms with E-state index in [-0.39, 0.29) is 42.2 Å². The number of unbranched alkanes of at least 4 members (excludes halogenated alkanes) is 2. The van der Waals surface area contributed by atoms with Crippen molar-refractivity contribution in [2.75, 3.05) is 4.90 Å². The fourth-order valence-corrected chi connectivity index (χ4v) is 6.53. The fourth-order valence-electron chi connectivity index (χ4n) is 6.53. The molecule has 0 radical (unpaired) electrons. The summed E-state index contributed by atoms with van der Waals surface area (Å²) in [6.07, 6.45) is 5.90. The number of hydrogen-bond acceptors (Lipinski definition) is 4. The molecular formula is C33H37N5O2. The Hall–Kier alpha value is -3.93. The number of nitrogens with zero attached hydrogens (tertiary/aromatic N) is 4. The maximum Gasteiger partial charge on any atom is 0.258 e. The van der Waals surface area contributed by atoms with Gasteiger partial charge in [0.1, 0.15) is 0 Å². The number of amides is 1. The molecule has 3 aromatic carbocycles. The topological polar surface area (TPSA) is 98.2 Å². The molecule has 3 aromatic rings. The Bertz CT molecular complexity index is 1370. The molecule has 1 saturated carbocycles. The van der Waals surface area contributed by atoms with Crippen LogP contribution in [0.1, 0.15) is 77.3 Å². The van der Waals surface area contributed by atoms with Crippen LogP contribution in [0.3, 0.4) is 0 Å². The second kappa shape index (κ2) is 12.9. The Labute approximate surface area is 236 Å². The van der Waals surface area contributed by atoms with Crippen LogP contribution in [0.5, 0.6) is 0 Å². The van der Waals surface area contributed by atoms with Crippen LogP contribution in [0.2, 0.25) is 0 Å². The number of fused-ring (bicyclic) bond motifs is 2. The van der Waals surface area contributed by atoms with E-state index in [2.05, 4.69) is 46.5 Å². The number of azide groups is 1. The van der Waals surface area contributed by atoms with Gasteiger partial charge in [-0.15, -0.1) is 0 Å². The molecule has 40 heavy (non-hydrogen) atoms. The van der Waals surface area contributed by atoms with E-state index in [0.29, 0.717) is 23.2 Å². The van der Waals surface area contributed by atoms with Crippen molar-refractivity contribution in [1.82, 2.24) is 5.32 Å². The molecule has 1 N–H and O–H groups in total. The normalized spacial score (nSPS) is 21.7. The Morgan fingerprint density at radius 2 is 1.75 bits per heavy atom. The summed E-state index contributed by atoms with van der Waals surface area (Å²) in [4.78, 5) is 33.2. The van der Waals surface area contributed by atoms with Crippen molar-refractivity contribution in [3.63, 3.8) is 0 Å². The Kier molecular flexibility index (Phi) is 8.94. The van der Waals surface area contributed by atoms with E-state index in [1.165, 1.54) is 5.56 Å². The largest absolute Gasteiger partial charge is 0.310 e. The van der Waals surface area contributed by atoms with Gasteiger partial charge < -0.3 is 10.2 Å². The van der Waals surface area contributed by atoms with Gasteiger partial charge in [-0.2, -0.15) is 0 Å². The summed E-state index contributed by atoms with van der Waals surface area (Å²) in [5.74, 6) is -0.0568. The predicted molar refractivity (Wildman–Crippen MR) is 158 cm³/mol. The summed E-state index contributed by atoms with van der Waals surface area (Å²) in [5, 5.41) is 7.47. The average Bonchev–Trinajstić information content (AvgIpc) is 3.00. The molecule has 5 rings (SSSR count). The molecule has 0 saturated heterocycles. The van der Waals surface area contributed by atoms with E-state index in [1.807, 2.05) is 59.5 Å². The minimum absolute atomic E-state index is 0.0804. The molecule has 0 aromatic heterocycles. The second-order valence-corrected chi connectivity index (χ2v) is 11.0. The third-order valence-electron chi connectivity index (χ3n) is 8.43. The van der Waals surface area contributed by atoms with Crippen LogP contribution in [0, 0.1) is 11.8 Å². The standard InChI is InChI=1S/C33H37N5O2/c1-2-3-6-15-26-19-27(35-21-23-11-7-4-8-12-23)20-30-31(26)32(39)28-18-24(22-36-37-34)16-17-29(28)38(30)33(40)25-13-9-5-10-14-25/h4-5,7-14,16-18,26-27,30-31,35H,2-3,6,15,19-22H2,1H3/t26-,27-,30+,31-/m0/s1. The number of nitrogens with one attached hydrogen (secondary N) is 1. The lowest BCUT2D eigenvalue weighted by atomic mass is 9.66. The first kappa shape index (κ1) is 27.6. The molecule has 0 bridgehead atoms. The van der Waals surface area contributed by atoms with Crippen molar-refractivity contribution >= 4 is 17.4 Å². The molecule has 206 valence electrons. The summed E-state index contributed by atoms with van der Waals surface area (Å²) in [6.45, 7) is 3.12. The number of anilines is 1. The minimum Gasteiger partial charge on any atom is -0.310 e. The molecule has 7 heteroatoms. The first-order valence-corrected chi connectivity index (χ1v) is 14.4. The lowest BCUT2D eigenvalue weighted by molar-refractivity contribution is 0.0693. The molecule has 0 unspecified atom stereocenters. The smallest absolute Gasteiger partial charge is 0.258 e. The zero-order chi connectivity index (χ0) is 27.9. The minimum atomic E-state index is -0.262. The van der Waals surface area contributed by atoms with Crippen LogP contribution in [-0.2, 0) is 13.1 Å². The molecule has 7 nitrogen and oxygen atoms in total. The molecule has 1 amide bonds. The van der Waals surface area contributed by atoms with Gasteiger partial charge in [0.25, 0.3) is 5.91 Å². The highest BCUT2D eigenvalue weighted by molar-refractivity contribution is 6.15. The van der Waals surface area contributed by atoms with E-state index in [1.54, 1.807) is 0 Å². The van der Waals surface area contributed by atoms with Gasteiger partial charge in [0.15, 0.2) is 5.78 Å². The third-order valence-corrected chi connectivity index (χ3v) is 8.43. The van der Waals surface area contributed by atoms with Crippen LogP contribution >= 0.6 is 0 Å². The van der Waals surface area contributed by atoms with Crippen LogP contribution in [0.15, 0.2) is 84.0 Å². The average molecular weight is 536 g/mol. The second-order valence-electron chi connectivity index (χ2n) is 11.0. The van der Waals surface area contributed by atoms with Crippen LogP contribution in [0.4, 0.5) is 5.69 Å². The van der Waals surface area contributed by atoms with Crippen molar-refractivity contribution in [3.05, 3.63) is 112 Å². The third kappa shape index (κ3) is 5.96. The number of benzene rings is 3. The summed E-state index contributed by atoms with van der Waals surface area (Å²) in [5.41, 5.74) is 12.7. The molecule has 4 atom stereocenters. The van der Waals surface area contributed by atoms with Gasteiger partial charge in [-0.3, -0.25) is 9.59 Å². The van der Waals surface area contributed by atoms with Crippen molar-refractivity contribution in [3.8, 4) is 0 Å². The number of carbonyl (C=O) groups excluding carboxylic acids is 2. The van der Waals surface area contributed by atoms with E-state index < -0.39 is 0 Å². The Morgan fingerprint density at radius 3 is 2.48 bits per heavy atom. The number of carbonyl (C=O) groups is 2. The van der Waals surface area contributed by atoms with Crippen molar-refractivity contribution < 1.29 is 9.59 Å². The Morgan fingerprint density at radius 1 is 1.00 bits per heavy atom. The highest BCUT2D eigenvalue weighted by Crippen LogP contribution is 2.46. The van der Waals surface area contributed by atoms with E-state index in [0.717, 1.165) is 44.2 Å². The molecule has 1 aliphatic heterocycles. The van der Waals surface area contributed by atoms with Crippen molar-refractivity contribution in [2.45, 2.75) is 70.6 Å². The van der Waals surface area contributed by atoms with Crippen molar-refractivity contribution in [2.24, 2.45) is 17.0 Å². The number of ketones is 1. The van der Waals surface area contributed by atoms with E-state index in [4.69, 9.17) is 5.53 Å². The number of Topliss-reactive ketones (excluding diaryl/α,β-unsaturated/α-hetero) is 1. The van der Waals surface area contributed by atoms with Gasteiger partial charge in [-0.25, -0.2) is 0 Å². The SMILES string of the molecule is CCCCC[C@H]1C[C@H](NCc2ccccc2)C[C@@H]2[C@H]1C(=O)c1cc(CN=[N+]=[N-])ccc1N2C(=O)c1ccccc1.